The van der Waals surface area contributed by atoms with E-state index < -0.39 is 5.92 Å². The molecule has 1 aliphatic rings. The van der Waals surface area contributed by atoms with Crippen molar-refractivity contribution in [3.8, 4) is 11.1 Å². The molecule has 2 aromatic heterocycles. The minimum Gasteiger partial charge on any atom is -0.358 e. The van der Waals surface area contributed by atoms with Gasteiger partial charge in [-0.05, 0) is 73.1 Å². The van der Waals surface area contributed by atoms with E-state index in [0.717, 1.165) is 58.0 Å². The van der Waals surface area contributed by atoms with E-state index in [0.29, 0.717) is 18.8 Å². The molecule has 6 nitrogen and oxygen atoms in total. The number of halogens is 2. The minimum absolute atomic E-state index is 0.0878. The molecule has 1 N–H and O–H groups in total. The van der Waals surface area contributed by atoms with E-state index in [1.54, 1.807) is 23.5 Å². The zero-order valence-corrected chi connectivity index (χ0v) is 23.3. The number of nitrogens with one attached hydrogen (secondary N) is 1. The molecule has 3 heterocycles. The van der Waals surface area contributed by atoms with Crippen LogP contribution in [0.25, 0.3) is 16.7 Å². The second kappa shape index (κ2) is 12.1. The van der Waals surface area contributed by atoms with Gasteiger partial charge in [0.05, 0.1) is 18.4 Å². The molecule has 39 heavy (non-hydrogen) atoms. The fourth-order valence-electron chi connectivity index (χ4n) is 4.62. The van der Waals surface area contributed by atoms with Crippen LogP contribution in [0, 0.1) is 6.92 Å². The molecule has 0 saturated carbocycles. The fourth-order valence-corrected chi connectivity index (χ4v) is 4.62. The Hall–Kier alpha value is -3.62. The summed E-state index contributed by atoms with van der Waals surface area (Å²) in [5.41, 5.74) is 7.19. The predicted octanol–water partition coefficient (Wildman–Crippen LogP) is 5.93. The minimum atomic E-state index is -2.60. The standard InChI is InChI=1S/C31H38F2N6/c1-22-7-8-26(27-15-25(17-34-18-27)20-39-12-11-31(32,33)21-39)16-29(22)23(2)24(3)36-28-9-10-30(35-19-28)38(6)14-13-37(4)5/h7-10,15-19,36H,2-3,11-14,20-21H2,1,4-6H3. The van der Waals surface area contributed by atoms with Crippen molar-refractivity contribution < 1.29 is 8.78 Å². The maximum absolute atomic E-state index is 13.6. The van der Waals surface area contributed by atoms with Gasteiger partial charge in [0.25, 0.3) is 5.92 Å². The number of alkyl halides is 2. The first kappa shape index (κ1) is 28.4. The van der Waals surface area contributed by atoms with Gasteiger partial charge in [0.15, 0.2) is 0 Å². The Morgan fingerprint density at radius 1 is 1.03 bits per heavy atom. The number of allylic oxidation sites excluding steroid dienone is 1. The Labute approximate surface area is 230 Å². The number of rotatable bonds is 11. The average molecular weight is 533 g/mol. The number of benzene rings is 1. The van der Waals surface area contributed by atoms with Gasteiger partial charge >= 0.3 is 0 Å². The Morgan fingerprint density at radius 3 is 2.49 bits per heavy atom. The van der Waals surface area contributed by atoms with Crippen LogP contribution < -0.4 is 10.2 Å². The largest absolute Gasteiger partial charge is 0.358 e. The topological polar surface area (TPSA) is 47.5 Å². The summed E-state index contributed by atoms with van der Waals surface area (Å²) < 4.78 is 27.2. The van der Waals surface area contributed by atoms with Gasteiger partial charge in [0.2, 0.25) is 0 Å². The third kappa shape index (κ3) is 7.49. The number of aryl methyl sites for hydroxylation is 1. The van der Waals surface area contributed by atoms with E-state index >= 15 is 0 Å². The molecule has 0 spiro atoms. The van der Waals surface area contributed by atoms with Crippen molar-refractivity contribution in [1.29, 1.82) is 0 Å². The van der Waals surface area contributed by atoms with Crippen LogP contribution in [0.2, 0.25) is 0 Å². The second-order valence-electron chi connectivity index (χ2n) is 10.6. The second-order valence-corrected chi connectivity index (χ2v) is 10.6. The Balaban J connectivity index is 1.44. The van der Waals surface area contributed by atoms with E-state index in [9.17, 15) is 8.78 Å². The van der Waals surface area contributed by atoms with Crippen molar-refractivity contribution in [2.24, 2.45) is 0 Å². The van der Waals surface area contributed by atoms with Gasteiger partial charge in [-0.2, -0.15) is 0 Å². The van der Waals surface area contributed by atoms with Crippen molar-refractivity contribution in [3.63, 3.8) is 0 Å². The quantitative estimate of drug-likeness (QED) is 0.309. The number of anilines is 2. The van der Waals surface area contributed by atoms with Gasteiger partial charge in [-0.15, -0.1) is 0 Å². The van der Waals surface area contributed by atoms with Crippen LogP contribution in [-0.4, -0.2) is 73.0 Å². The first-order valence-electron chi connectivity index (χ1n) is 13.1. The van der Waals surface area contributed by atoms with Gasteiger partial charge < -0.3 is 15.1 Å². The smallest absolute Gasteiger partial charge is 0.261 e. The van der Waals surface area contributed by atoms with Crippen molar-refractivity contribution >= 4 is 17.1 Å². The van der Waals surface area contributed by atoms with E-state index in [1.807, 2.05) is 38.2 Å². The summed E-state index contributed by atoms with van der Waals surface area (Å²) in [7, 11) is 6.14. The molecule has 206 valence electrons. The van der Waals surface area contributed by atoms with Gasteiger partial charge in [-0.1, -0.05) is 25.3 Å². The summed E-state index contributed by atoms with van der Waals surface area (Å²) in [4.78, 5) is 15.0. The summed E-state index contributed by atoms with van der Waals surface area (Å²) >= 11 is 0. The number of pyridine rings is 2. The summed E-state index contributed by atoms with van der Waals surface area (Å²) in [6.07, 6.45) is 5.26. The summed E-state index contributed by atoms with van der Waals surface area (Å²) in [5, 5.41) is 3.34. The molecule has 1 aromatic carbocycles. The zero-order chi connectivity index (χ0) is 28.2. The van der Waals surface area contributed by atoms with Crippen LogP contribution in [0.15, 0.2) is 73.8 Å². The molecule has 0 amide bonds. The maximum Gasteiger partial charge on any atom is 0.261 e. The number of likely N-dealkylation sites (tertiary alicyclic amines) is 1. The van der Waals surface area contributed by atoms with Gasteiger partial charge in [-0.25, -0.2) is 13.8 Å². The average Bonchev–Trinajstić information content (AvgIpc) is 3.25. The van der Waals surface area contributed by atoms with Crippen LogP contribution >= 0.6 is 0 Å². The Morgan fingerprint density at radius 2 is 1.82 bits per heavy atom. The monoisotopic (exact) mass is 532 g/mol. The molecule has 3 aromatic rings. The predicted molar refractivity (Wildman–Crippen MR) is 157 cm³/mol. The summed E-state index contributed by atoms with van der Waals surface area (Å²) in [6, 6.07) is 12.2. The van der Waals surface area contributed by atoms with Crippen LogP contribution in [0.4, 0.5) is 20.3 Å². The number of hydrogen-bond donors (Lipinski definition) is 1. The lowest BCUT2D eigenvalue weighted by atomic mass is 9.94. The van der Waals surface area contributed by atoms with Crippen LogP contribution in [0.3, 0.4) is 0 Å². The number of hydrogen-bond acceptors (Lipinski definition) is 6. The molecule has 1 fully saturated rings. The molecule has 0 aliphatic carbocycles. The lowest BCUT2D eigenvalue weighted by Crippen LogP contribution is -2.28. The van der Waals surface area contributed by atoms with Crippen molar-refractivity contribution in [2.45, 2.75) is 25.8 Å². The van der Waals surface area contributed by atoms with Crippen molar-refractivity contribution in [3.05, 3.63) is 90.5 Å². The molecular formula is C31H38F2N6. The fraction of sp³-hybridized carbons (Fsp3) is 0.355. The first-order valence-corrected chi connectivity index (χ1v) is 13.1. The molecular weight excluding hydrogens is 494 g/mol. The van der Waals surface area contributed by atoms with Crippen LogP contribution in [-0.2, 0) is 6.54 Å². The van der Waals surface area contributed by atoms with Crippen molar-refractivity contribution in [1.82, 2.24) is 19.8 Å². The molecule has 0 bridgehead atoms. The highest BCUT2D eigenvalue weighted by molar-refractivity contribution is 5.84. The highest BCUT2D eigenvalue weighted by Crippen LogP contribution is 2.31. The molecule has 1 aliphatic heterocycles. The first-order chi connectivity index (χ1) is 18.5. The third-order valence-electron chi connectivity index (χ3n) is 7.03. The lowest BCUT2D eigenvalue weighted by Gasteiger charge is -2.21. The number of nitrogens with zero attached hydrogens (tertiary/aromatic N) is 5. The highest BCUT2D eigenvalue weighted by atomic mass is 19.3. The van der Waals surface area contributed by atoms with Crippen molar-refractivity contribution in [2.75, 3.05) is 57.5 Å². The summed E-state index contributed by atoms with van der Waals surface area (Å²) in [5.74, 6) is -1.70. The Bertz CT molecular complexity index is 1320. The summed E-state index contributed by atoms with van der Waals surface area (Å²) in [6.45, 7) is 13.1. The highest BCUT2D eigenvalue weighted by Gasteiger charge is 2.37. The molecule has 1 saturated heterocycles. The molecule has 0 atom stereocenters. The molecule has 4 rings (SSSR count). The van der Waals surface area contributed by atoms with Crippen LogP contribution in [0.5, 0.6) is 0 Å². The Kier molecular flexibility index (Phi) is 8.77. The normalized spacial score (nSPS) is 14.9. The third-order valence-corrected chi connectivity index (χ3v) is 7.03. The van der Waals surface area contributed by atoms with E-state index in [2.05, 4.69) is 64.5 Å². The molecule has 8 heteroatoms. The SMILES string of the molecule is C=C(Nc1ccc(N(C)CCN(C)C)nc1)C(=C)c1cc(-c2cncc(CN3CCC(F)(F)C3)c2)ccc1C. The number of aromatic nitrogens is 2. The van der Waals surface area contributed by atoms with E-state index in [4.69, 9.17) is 0 Å². The van der Waals surface area contributed by atoms with Gasteiger partial charge in [-0.3, -0.25) is 9.88 Å². The van der Waals surface area contributed by atoms with E-state index in [1.165, 1.54) is 0 Å². The van der Waals surface area contributed by atoms with Gasteiger partial charge in [0, 0.05) is 63.3 Å². The maximum atomic E-state index is 13.6. The lowest BCUT2D eigenvalue weighted by molar-refractivity contribution is 0.0115. The van der Waals surface area contributed by atoms with Gasteiger partial charge in [0.1, 0.15) is 5.82 Å². The molecule has 0 radical (unpaired) electrons. The number of likely N-dealkylation sites (N-methyl/N-ethyl adjacent to an activating group) is 2. The van der Waals surface area contributed by atoms with E-state index in [-0.39, 0.29) is 13.0 Å². The molecule has 0 unspecified atom stereocenters. The van der Waals surface area contributed by atoms with Crippen LogP contribution in [0.1, 0.15) is 23.1 Å². The zero-order valence-electron chi connectivity index (χ0n) is 23.3.